The van der Waals surface area contributed by atoms with E-state index in [0.29, 0.717) is 43.7 Å². The summed E-state index contributed by atoms with van der Waals surface area (Å²) in [6, 6.07) is 20.3. The number of allylic oxidation sites excluding steroid dienone is 1. The number of methoxy groups -OCH3 is 2. The molecule has 224 valence electrons. The van der Waals surface area contributed by atoms with Gasteiger partial charge in [-0.1, -0.05) is 53.3 Å². The van der Waals surface area contributed by atoms with E-state index in [0.717, 1.165) is 22.0 Å². The third-order valence-electron chi connectivity index (χ3n) is 7.62. The highest BCUT2D eigenvalue weighted by Crippen LogP contribution is 2.38. The molecule has 0 unspecified atom stereocenters. The van der Waals surface area contributed by atoms with Crippen LogP contribution in [0.2, 0.25) is 5.02 Å². The Bertz CT molecular complexity index is 2110. The van der Waals surface area contributed by atoms with Gasteiger partial charge in [-0.05, 0) is 61.9 Å². The van der Waals surface area contributed by atoms with Crippen molar-refractivity contribution in [1.82, 2.24) is 9.13 Å². The van der Waals surface area contributed by atoms with Crippen LogP contribution in [0, 0.1) is 0 Å². The van der Waals surface area contributed by atoms with Gasteiger partial charge in [0.25, 0.3) is 5.56 Å². The molecule has 0 aliphatic carbocycles. The SMILES string of the molecule is CCOC(=O)C1=C(C)N=c2s/c(=C/c3cn(Cc4ccc(Cl)cc4)c4ccccc34)c(=O)n2[C@@H]1c1cc(OC)ccc1OC. The minimum atomic E-state index is -0.830. The Morgan fingerprint density at radius 2 is 1.84 bits per heavy atom. The Hall–Kier alpha value is -4.60. The van der Waals surface area contributed by atoms with E-state index in [1.165, 1.54) is 11.3 Å². The van der Waals surface area contributed by atoms with E-state index in [1.807, 2.05) is 48.5 Å². The number of aromatic nitrogens is 2. The van der Waals surface area contributed by atoms with E-state index >= 15 is 0 Å². The number of benzene rings is 3. The molecule has 1 aliphatic rings. The van der Waals surface area contributed by atoms with E-state index in [-0.39, 0.29) is 17.7 Å². The largest absolute Gasteiger partial charge is 0.497 e. The fraction of sp³-hybridized carbons (Fsp3) is 0.206. The summed E-state index contributed by atoms with van der Waals surface area (Å²) in [5.74, 6) is 0.532. The Kier molecular flexibility index (Phi) is 8.16. The molecule has 8 nitrogen and oxygen atoms in total. The first-order valence-electron chi connectivity index (χ1n) is 14.1. The molecule has 3 heterocycles. The molecule has 0 bridgehead atoms. The van der Waals surface area contributed by atoms with Crippen LogP contribution in [0.5, 0.6) is 11.5 Å². The lowest BCUT2D eigenvalue weighted by Crippen LogP contribution is -2.40. The van der Waals surface area contributed by atoms with Gasteiger partial charge in [-0.3, -0.25) is 9.36 Å². The van der Waals surface area contributed by atoms with Crippen LogP contribution in [0.3, 0.4) is 0 Å². The minimum Gasteiger partial charge on any atom is -0.497 e. The maximum Gasteiger partial charge on any atom is 0.338 e. The highest BCUT2D eigenvalue weighted by Gasteiger charge is 2.35. The standard InChI is InChI=1S/C34H30ClN3O5S/c1-5-43-33(40)30-20(2)36-34-38(31(30)26-17-24(41-3)14-15-28(26)42-4)32(39)29(44-34)16-22-19-37(27-9-7-6-8-25(22)27)18-21-10-12-23(35)13-11-21/h6-17,19,31H,5,18H2,1-4H3/b29-16+/t31-/m1/s1. The van der Waals surface area contributed by atoms with E-state index in [4.69, 9.17) is 30.8 Å². The molecule has 1 atom stereocenters. The van der Waals surface area contributed by atoms with Crippen LogP contribution in [0.1, 0.15) is 36.6 Å². The number of ether oxygens (including phenoxy) is 3. The van der Waals surface area contributed by atoms with Crippen molar-refractivity contribution in [3.05, 3.63) is 126 Å². The van der Waals surface area contributed by atoms with Crippen molar-refractivity contribution in [2.24, 2.45) is 4.99 Å². The van der Waals surface area contributed by atoms with Gasteiger partial charge >= 0.3 is 5.97 Å². The number of esters is 1. The molecule has 5 aromatic rings. The zero-order valence-corrected chi connectivity index (χ0v) is 26.2. The summed E-state index contributed by atoms with van der Waals surface area (Å²) < 4.78 is 20.8. The van der Waals surface area contributed by atoms with Crippen molar-refractivity contribution in [3.63, 3.8) is 0 Å². The average Bonchev–Trinajstić information content (AvgIpc) is 3.53. The molecule has 0 radical (unpaired) electrons. The van der Waals surface area contributed by atoms with Crippen LogP contribution in [0.25, 0.3) is 17.0 Å². The second kappa shape index (κ2) is 12.2. The Labute approximate surface area is 262 Å². The van der Waals surface area contributed by atoms with Gasteiger partial charge in [0, 0.05) is 39.8 Å². The number of carbonyl (C=O) groups is 1. The van der Waals surface area contributed by atoms with Crippen LogP contribution in [-0.4, -0.2) is 35.9 Å². The van der Waals surface area contributed by atoms with Crippen molar-refractivity contribution in [2.45, 2.75) is 26.4 Å². The summed E-state index contributed by atoms with van der Waals surface area (Å²) in [6.45, 7) is 4.33. The van der Waals surface area contributed by atoms with Gasteiger partial charge in [0.15, 0.2) is 4.80 Å². The quantitative estimate of drug-likeness (QED) is 0.213. The van der Waals surface area contributed by atoms with Gasteiger partial charge < -0.3 is 18.8 Å². The molecule has 0 N–H and O–H groups in total. The number of carbonyl (C=O) groups excluding carboxylic acids is 1. The number of hydrogen-bond donors (Lipinski definition) is 0. The molecule has 0 spiro atoms. The number of halogens is 1. The zero-order valence-electron chi connectivity index (χ0n) is 24.7. The highest BCUT2D eigenvalue weighted by atomic mass is 35.5. The predicted molar refractivity (Wildman–Crippen MR) is 172 cm³/mol. The fourth-order valence-electron chi connectivity index (χ4n) is 5.59. The molecule has 0 saturated carbocycles. The first-order valence-corrected chi connectivity index (χ1v) is 15.3. The van der Waals surface area contributed by atoms with Gasteiger partial charge in [0.1, 0.15) is 17.5 Å². The van der Waals surface area contributed by atoms with Crippen molar-refractivity contribution >= 4 is 45.9 Å². The second-order valence-corrected chi connectivity index (χ2v) is 11.7. The summed E-state index contributed by atoms with van der Waals surface area (Å²) in [4.78, 5) is 32.8. The maximum atomic E-state index is 14.3. The van der Waals surface area contributed by atoms with Crippen molar-refractivity contribution < 1.29 is 19.0 Å². The topological polar surface area (TPSA) is 84.1 Å². The molecular formula is C34H30ClN3O5S. The molecule has 0 saturated heterocycles. The minimum absolute atomic E-state index is 0.183. The lowest BCUT2D eigenvalue weighted by Gasteiger charge is -2.26. The number of fused-ring (bicyclic) bond motifs is 2. The fourth-order valence-corrected chi connectivity index (χ4v) is 6.75. The van der Waals surface area contributed by atoms with Crippen LogP contribution < -0.4 is 24.4 Å². The molecule has 1 aliphatic heterocycles. The Balaban J connectivity index is 1.54. The highest BCUT2D eigenvalue weighted by molar-refractivity contribution is 7.07. The molecule has 0 fully saturated rings. The maximum absolute atomic E-state index is 14.3. The van der Waals surface area contributed by atoms with Crippen LogP contribution in [-0.2, 0) is 16.1 Å². The van der Waals surface area contributed by atoms with Gasteiger partial charge in [0.2, 0.25) is 0 Å². The summed E-state index contributed by atoms with van der Waals surface area (Å²) in [5, 5.41) is 1.70. The molecule has 0 amide bonds. The second-order valence-electron chi connectivity index (χ2n) is 10.3. The van der Waals surface area contributed by atoms with E-state index in [2.05, 4.69) is 16.8 Å². The number of thiazole rings is 1. The first kappa shape index (κ1) is 29.5. The lowest BCUT2D eigenvalue weighted by atomic mass is 9.94. The molecular weight excluding hydrogens is 598 g/mol. The molecule has 3 aromatic carbocycles. The van der Waals surface area contributed by atoms with Crippen molar-refractivity contribution in [1.29, 1.82) is 0 Å². The first-order chi connectivity index (χ1) is 21.3. The Morgan fingerprint density at radius 3 is 2.57 bits per heavy atom. The molecule has 6 rings (SSSR count). The van der Waals surface area contributed by atoms with E-state index in [1.54, 1.807) is 50.8 Å². The number of para-hydroxylation sites is 1. The van der Waals surface area contributed by atoms with Crippen molar-refractivity contribution in [2.75, 3.05) is 20.8 Å². The Morgan fingerprint density at radius 1 is 1.07 bits per heavy atom. The number of hydrogen-bond acceptors (Lipinski definition) is 7. The summed E-state index contributed by atoms with van der Waals surface area (Å²) in [7, 11) is 3.11. The van der Waals surface area contributed by atoms with Gasteiger partial charge in [-0.15, -0.1) is 0 Å². The predicted octanol–water partition coefficient (Wildman–Crippen LogP) is 5.47. The summed E-state index contributed by atoms with van der Waals surface area (Å²) in [5.41, 5.74) is 4.12. The van der Waals surface area contributed by atoms with Crippen LogP contribution in [0.15, 0.2) is 94.0 Å². The lowest BCUT2D eigenvalue weighted by molar-refractivity contribution is -0.139. The smallest absolute Gasteiger partial charge is 0.338 e. The van der Waals surface area contributed by atoms with Gasteiger partial charge in [-0.25, -0.2) is 9.79 Å². The monoisotopic (exact) mass is 627 g/mol. The van der Waals surface area contributed by atoms with Crippen LogP contribution in [0.4, 0.5) is 0 Å². The summed E-state index contributed by atoms with van der Waals surface area (Å²) in [6.07, 6.45) is 3.95. The zero-order chi connectivity index (χ0) is 31.0. The van der Waals surface area contributed by atoms with E-state index < -0.39 is 12.0 Å². The van der Waals surface area contributed by atoms with Crippen LogP contribution >= 0.6 is 22.9 Å². The third-order valence-corrected chi connectivity index (χ3v) is 8.86. The number of rotatable bonds is 8. The van der Waals surface area contributed by atoms with Crippen molar-refractivity contribution in [3.8, 4) is 11.5 Å². The normalized spacial score (nSPS) is 14.8. The summed E-state index contributed by atoms with van der Waals surface area (Å²) >= 11 is 7.38. The molecule has 10 heteroatoms. The van der Waals surface area contributed by atoms with Gasteiger partial charge in [-0.2, -0.15) is 0 Å². The van der Waals surface area contributed by atoms with Gasteiger partial charge in [0.05, 0.1) is 36.6 Å². The number of nitrogens with zero attached hydrogens (tertiary/aromatic N) is 3. The molecule has 44 heavy (non-hydrogen) atoms. The average molecular weight is 628 g/mol. The molecule has 2 aromatic heterocycles. The third kappa shape index (κ3) is 5.33. The van der Waals surface area contributed by atoms with E-state index in [9.17, 15) is 9.59 Å².